The zero-order valence-corrected chi connectivity index (χ0v) is 18.4. The minimum atomic E-state index is -1.09. The molecule has 1 fully saturated rings. The zero-order chi connectivity index (χ0) is 21.2. The lowest BCUT2D eigenvalue weighted by Gasteiger charge is -2.47. The highest BCUT2D eigenvalue weighted by Crippen LogP contribution is 2.31. The van der Waals surface area contributed by atoms with Crippen molar-refractivity contribution < 1.29 is 9.59 Å². The topological polar surface area (TPSA) is 66.6 Å². The van der Waals surface area contributed by atoms with Gasteiger partial charge in [-0.2, -0.15) is 0 Å². The van der Waals surface area contributed by atoms with Gasteiger partial charge in [0.25, 0.3) is 5.91 Å². The molecule has 1 heterocycles. The van der Waals surface area contributed by atoms with Crippen molar-refractivity contribution in [3.05, 3.63) is 59.8 Å². The van der Waals surface area contributed by atoms with Crippen LogP contribution in [0, 0.1) is 0 Å². The van der Waals surface area contributed by atoms with Crippen LogP contribution in [0.4, 0.5) is 0 Å². The number of piperazine rings is 1. The summed E-state index contributed by atoms with van der Waals surface area (Å²) in [5.74, 6) is 6.82. The Morgan fingerprint density at radius 3 is 2.71 bits per heavy atom. The maximum absolute atomic E-state index is 13.3. The Morgan fingerprint density at radius 1 is 1.43 bits per heavy atom. The number of halogens is 1. The molecular formula is C21H30ClN3O2S. The Bertz CT molecular complexity index is 700. The number of amides is 1. The molecule has 0 aromatic carbocycles. The summed E-state index contributed by atoms with van der Waals surface area (Å²) in [7, 11) is 0. The Morgan fingerprint density at radius 2 is 2.14 bits per heavy atom. The molecule has 0 radical (unpaired) electrons. The lowest BCUT2D eigenvalue weighted by molar-refractivity contribution is -0.145. The number of carbonyl (C=O) groups excluding carboxylic acids is 2. The van der Waals surface area contributed by atoms with Crippen molar-refractivity contribution in [3.63, 3.8) is 0 Å². The average molecular weight is 424 g/mol. The highest BCUT2D eigenvalue weighted by molar-refractivity contribution is 8.02. The van der Waals surface area contributed by atoms with E-state index in [2.05, 4.69) is 25.0 Å². The van der Waals surface area contributed by atoms with Crippen LogP contribution < -0.4 is 5.84 Å². The first-order valence-corrected chi connectivity index (χ1v) is 10.8. The van der Waals surface area contributed by atoms with E-state index >= 15 is 0 Å². The van der Waals surface area contributed by atoms with Crippen LogP contribution in [-0.2, 0) is 9.59 Å². The van der Waals surface area contributed by atoms with Gasteiger partial charge in [0.05, 0.1) is 6.54 Å². The zero-order valence-electron chi connectivity index (χ0n) is 16.9. The van der Waals surface area contributed by atoms with Gasteiger partial charge in [-0.3, -0.25) is 14.5 Å². The average Bonchev–Trinajstić information content (AvgIpc) is 2.64. The standard InChI is InChI=1S/C21H30ClN3O2S/c1-5-7-14-28-15-9-12-19-20(27)25(18(10-6-2)11-8-13-22)21(4,17(3)26)16-24(19)23/h6-8,10-12,14H,2,5,9,13,15-16,23H2,1,3-4H3/b11-8-,14-7-,18-10+,19-12-. The molecule has 1 amide bonds. The largest absolute Gasteiger partial charge is 0.303 e. The van der Waals surface area contributed by atoms with Crippen molar-refractivity contribution in [3.8, 4) is 0 Å². The third kappa shape index (κ3) is 6.12. The summed E-state index contributed by atoms with van der Waals surface area (Å²) in [6.45, 7) is 9.19. The summed E-state index contributed by atoms with van der Waals surface area (Å²) in [5.41, 5.74) is -0.154. The number of nitrogens with two attached hydrogens (primary N) is 1. The Kier molecular flexibility index (Phi) is 10.4. The molecule has 0 spiro atoms. The highest BCUT2D eigenvalue weighted by Gasteiger charge is 2.48. The Balaban J connectivity index is 3.23. The van der Waals surface area contributed by atoms with Crippen molar-refractivity contribution >= 4 is 35.1 Å². The fourth-order valence-electron chi connectivity index (χ4n) is 2.81. The number of hydrogen-bond donors (Lipinski definition) is 1. The molecule has 28 heavy (non-hydrogen) atoms. The minimum absolute atomic E-state index is 0.148. The molecule has 0 aromatic heterocycles. The maximum atomic E-state index is 13.3. The molecule has 1 aliphatic heterocycles. The first-order chi connectivity index (χ1) is 13.3. The Hall–Kier alpha value is -1.76. The number of allylic oxidation sites excluding steroid dienone is 6. The molecular weight excluding hydrogens is 394 g/mol. The monoisotopic (exact) mass is 423 g/mol. The first-order valence-electron chi connectivity index (χ1n) is 9.23. The van der Waals surface area contributed by atoms with Crippen LogP contribution >= 0.6 is 23.4 Å². The summed E-state index contributed by atoms with van der Waals surface area (Å²) < 4.78 is 0. The summed E-state index contributed by atoms with van der Waals surface area (Å²) in [6.07, 6.45) is 12.3. The van der Waals surface area contributed by atoms with Crippen LogP contribution in [-0.4, -0.2) is 45.3 Å². The molecule has 7 heteroatoms. The van der Waals surface area contributed by atoms with E-state index in [-0.39, 0.29) is 18.2 Å². The van der Waals surface area contributed by atoms with E-state index in [1.165, 1.54) is 16.8 Å². The molecule has 0 saturated carbocycles. The quantitative estimate of drug-likeness (QED) is 0.188. The second-order valence-corrected chi connectivity index (χ2v) is 7.83. The fourth-order valence-corrected chi connectivity index (χ4v) is 3.62. The van der Waals surface area contributed by atoms with Gasteiger partial charge in [-0.05, 0) is 44.2 Å². The summed E-state index contributed by atoms with van der Waals surface area (Å²) in [4.78, 5) is 27.3. The van der Waals surface area contributed by atoms with Gasteiger partial charge in [-0.1, -0.05) is 37.8 Å². The molecule has 5 nitrogen and oxygen atoms in total. The molecule has 154 valence electrons. The molecule has 1 atom stereocenters. The number of hydrogen-bond acceptors (Lipinski definition) is 5. The van der Waals surface area contributed by atoms with E-state index in [4.69, 9.17) is 17.4 Å². The summed E-state index contributed by atoms with van der Waals surface area (Å²) in [5, 5.41) is 3.44. The molecule has 1 unspecified atom stereocenters. The molecule has 0 aliphatic carbocycles. The van der Waals surface area contributed by atoms with Crippen LogP contribution in [0.1, 0.15) is 33.6 Å². The van der Waals surface area contributed by atoms with E-state index < -0.39 is 5.54 Å². The SMILES string of the molecule is C=C/C=C(\C=C/CCl)N1C(=O)/C(=C/CCS/C=C\CC)N(N)CC1(C)C(C)=O. The van der Waals surface area contributed by atoms with Crippen molar-refractivity contribution in [2.45, 2.75) is 39.2 Å². The van der Waals surface area contributed by atoms with Crippen LogP contribution in [0.2, 0.25) is 0 Å². The number of hydrazine groups is 1. The van der Waals surface area contributed by atoms with Crippen molar-refractivity contribution in [1.29, 1.82) is 0 Å². The first kappa shape index (κ1) is 24.3. The molecule has 1 rings (SSSR count). The molecule has 0 aromatic rings. The Labute approximate surface area is 177 Å². The van der Waals surface area contributed by atoms with E-state index in [0.29, 0.717) is 23.7 Å². The number of ketones is 1. The smallest absolute Gasteiger partial charge is 0.276 e. The number of rotatable bonds is 10. The van der Waals surface area contributed by atoms with Crippen LogP contribution in [0.5, 0.6) is 0 Å². The molecule has 0 bridgehead atoms. The minimum Gasteiger partial charge on any atom is -0.303 e. The summed E-state index contributed by atoms with van der Waals surface area (Å²) >= 11 is 7.46. The van der Waals surface area contributed by atoms with E-state index in [0.717, 1.165) is 12.2 Å². The lowest BCUT2D eigenvalue weighted by atomic mass is 9.90. The number of nitrogens with zero attached hydrogens (tertiary/aromatic N) is 2. The van der Waals surface area contributed by atoms with Gasteiger partial charge in [-0.15, -0.1) is 23.4 Å². The summed E-state index contributed by atoms with van der Waals surface area (Å²) in [6, 6.07) is 0. The third-order valence-corrected chi connectivity index (χ3v) is 5.42. The highest BCUT2D eigenvalue weighted by atomic mass is 35.5. The van der Waals surface area contributed by atoms with Crippen molar-refractivity contribution in [1.82, 2.24) is 9.91 Å². The van der Waals surface area contributed by atoms with Gasteiger partial charge in [0.2, 0.25) is 0 Å². The third-order valence-electron chi connectivity index (χ3n) is 4.39. The lowest BCUT2D eigenvalue weighted by Crippen LogP contribution is -2.66. The van der Waals surface area contributed by atoms with Crippen LogP contribution in [0.3, 0.4) is 0 Å². The van der Waals surface area contributed by atoms with E-state index in [1.807, 2.05) is 6.08 Å². The molecule has 2 N–H and O–H groups in total. The van der Waals surface area contributed by atoms with Crippen LogP contribution in [0.25, 0.3) is 0 Å². The second kappa shape index (κ2) is 11.9. The van der Waals surface area contributed by atoms with Gasteiger partial charge in [-0.25, -0.2) is 5.84 Å². The molecule has 1 aliphatic rings. The number of thioether (sulfide) groups is 1. The van der Waals surface area contributed by atoms with Gasteiger partial charge < -0.3 is 5.01 Å². The van der Waals surface area contributed by atoms with Crippen LogP contribution in [0.15, 0.2) is 59.8 Å². The van der Waals surface area contributed by atoms with Gasteiger partial charge in [0, 0.05) is 17.3 Å². The second-order valence-electron chi connectivity index (χ2n) is 6.51. The predicted molar refractivity (Wildman–Crippen MR) is 120 cm³/mol. The van der Waals surface area contributed by atoms with Crippen molar-refractivity contribution in [2.24, 2.45) is 5.84 Å². The van der Waals surface area contributed by atoms with Gasteiger partial charge >= 0.3 is 0 Å². The fraction of sp³-hybridized carbons (Fsp3) is 0.429. The van der Waals surface area contributed by atoms with E-state index in [9.17, 15) is 9.59 Å². The number of Topliss-reactive ketones (excluding diaryl/α,β-unsaturated/α-hetero) is 1. The number of carbonyl (C=O) groups is 2. The number of alkyl halides is 1. The van der Waals surface area contributed by atoms with Gasteiger partial charge in [0.1, 0.15) is 11.2 Å². The maximum Gasteiger partial charge on any atom is 0.276 e. The van der Waals surface area contributed by atoms with Crippen molar-refractivity contribution in [2.75, 3.05) is 18.2 Å². The predicted octanol–water partition coefficient (Wildman–Crippen LogP) is 4.15. The van der Waals surface area contributed by atoms with Gasteiger partial charge in [0.15, 0.2) is 5.78 Å². The molecule has 1 saturated heterocycles. The normalized spacial score (nSPS) is 22.7. The van der Waals surface area contributed by atoms with E-state index in [1.54, 1.807) is 43.0 Å².